The van der Waals surface area contributed by atoms with Crippen LogP contribution in [0.5, 0.6) is 0 Å². The molecule has 1 aromatic carbocycles. The summed E-state index contributed by atoms with van der Waals surface area (Å²) in [4.78, 5) is 0. The Kier molecular flexibility index (Phi) is 7.15. The summed E-state index contributed by atoms with van der Waals surface area (Å²) in [5.74, 6) is -0.160. The van der Waals surface area contributed by atoms with Gasteiger partial charge in [0.05, 0.1) is 12.9 Å². The highest BCUT2D eigenvalue weighted by atomic mass is 28.4. The van der Waals surface area contributed by atoms with E-state index in [1.165, 1.54) is 5.06 Å². The summed E-state index contributed by atoms with van der Waals surface area (Å²) in [6.07, 6.45) is 0.810. The van der Waals surface area contributed by atoms with Crippen LogP contribution in [0.4, 0.5) is 0 Å². The Labute approximate surface area is 187 Å². The first kappa shape index (κ1) is 24.2. The van der Waals surface area contributed by atoms with Gasteiger partial charge in [0.25, 0.3) is 0 Å². The third-order valence-electron chi connectivity index (χ3n) is 6.29. The molecule has 3 atom stereocenters. The van der Waals surface area contributed by atoms with Crippen LogP contribution in [0.3, 0.4) is 0 Å². The van der Waals surface area contributed by atoms with Gasteiger partial charge in [-0.25, -0.2) is 0 Å². The molecule has 3 rings (SSSR count). The fourth-order valence-corrected chi connectivity index (χ4v) is 4.59. The van der Waals surface area contributed by atoms with E-state index in [1.807, 2.05) is 56.3 Å². The van der Waals surface area contributed by atoms with Crippen LogP contribution in [0.1, 0.15) is 52.0 Å². The van der Waals surface area contributed by atoms with Crippen molar-refractivity contribution in [1.82, 2.24) is 5.06 Å². The molecule has 0 spiro atoms. The SMILES string of the molecule is CC1(C)O[C@@H]([C@H](c2ccco2)N(O)Cc2ccccc2)[C@H](CO[Si](C)(C)C(C)(C)C)O1. The van der Waals surface area contributed by atoms with Crippen molar-refractivity contribution in [3.05, 3.63) is 60.1 Å². The maximum Gasteiger partial charge on any atom is 0.192 e. The van der Waals surface area contributed by atoms with Gasteiger partial charge in [-0.2, -0.15) is 5.06 Å². The molecule has 1 aliphatic rings. The second kappa shape index (κ2) is 9.17. The van der Waals surface area contributed by atoms with E-state index in [4.69, 9.17) is 18.3 Å². The van der Waals surface area contributed by atoms with Crippen molar-refractivity contribution in [1.29, 1.82) is 0 Å². The third-order valence-corrected chi connectivity index (χ3v) is 10.8. The molecule has 0 bridgehead atoms. The minimum absolute atomic E-state index is 0.0915. The fraction of sp³-hybridized carbons (Fsp3) is 0.583. The van der Waals surface area contributed by atoms with Crippen LogP contribution < -0.4 is 0 Å². The van der Waals surface area contributed by atoms with E-state index in [-0.39, 0.29) is 11.1 Å². The largest absolute Gasteiger partial charge is 0.467 e. The second-order valence-electron chi connectivity index (χ2n) is 10.3. The number of hydroxylamine groups is 2. The molecule has 1 aromatic heterocycles. The molecule has 0 unspecified atom stereocenters. The van der Waals surface area contributed by atoms with E-state index in [1.54, 1.807) is 6.26 Å². The van der Waals surface area contributed by atoms with Crippen molar-refractivity contribution in [2.45, 2.75) is 83.3 Å². The van der Waals surface area contributed by atoms with E-state index >= 15 is 0 Å². The molecule has 172 valence electrons. The molecular weight excluding hydrogens is 410 g/mol. The van der Waals surface area contributed by atoms with Crippen molar-refractivity contribution in [2.75, 3.05) is 6.61 Å². The summed E-state index contributed by atoms with van der Waals surface area (Å²) >= 11 is 0. The molecule has 0 radical (unpaired) electrons. The minimum atomic E-state index is -1.97. The third kappa shape index (κ3) is 5.86. The highest BCUT2D eigenvalue weighted by Crippen LogP contribution is 2.41. The molecule has 6 nitrogen and oxygen atoms in total. The van der Waals surface area contributed by atoms with Crippen molar-refractivity contribution in [2.24, 2.45) is 0 Å². The maximum absolute atomic E-state index is 11.1. The van der Waals surface area contributed by atoms with E-state index in [2.05, 4.69) is 33.9 Å². The van der Waals surface area contributed by atoms with Crippen LogP contribution >= 0.6 is 0 Å². The van der Waals surface area contributed by atoms with E-state index in [9.17, 15) is 5.21 Å². The van der Waals surface area contributed by atoms with Gasteiger partial charge in [-0.05, 0) is 49.7 Å². The zero-order valence-electron chi connectivity index (χ0n) is 19.8. The molecule has 7 heteroatoms. The highest BCUT2D eigenvalue weighted by molar-refractivity contribution is 6.74. The van der Waals surface area contributed by atoms with Gasteiger partial charge < -0.3 is 23.5 Å². The monoisotopic (exact) mass is 447 g/mol. The number of nitrogens with zero attached hydrogens (tertiary/aromatic N) is 1. The molecule has 2 aromatic rings. The first-order valence-electron chi connectivity index (χ1n) is 10.9. The highest BCUT2D eigenvalue weighted by Gasteiger charge is 2.49. The topological polar surface area (TPSA) is 64.3 Å². The maximum atomic E-state index is 11.1. The molecule has 31 heavy (non-hydrogen) atoms. The molecule has 1 saturated heterocycles. The summed E-state index contributed by atoms with van der Waals surface area (Å²) in [6.45, 7) is 15.6. The first-order valence-corrected chi connectivity index (χ1v) is 13.8. The molecule has 1 aliphatic heterocycles. The first-order chi connectivity index (χ1) is 14.4. The normalized spacial score (nSPS) is 22.7. The van der Waals surface area contributed by atoms with Crippen molar-refractivity contribution < 1.29 is 23.5 Å². The summed E-state index contributed by atoms with van der Waals surface area (Å²) in [7, 11) is -1.97. The minimum Gasteiger partial charge on any atom is -0.467 e. The molecule has 0 aliphatic carbocycles. The Bertz CT molecular complexity index is 816. The van der Waals surface area contributed by atoms with Gasteiger partial charge in [-0.1, -0.05) is 51.1 Å². The van der Waals surface area contributed by atoms with Gasteiger partial charge in [-0.3, -0.25) is 0 Å². The number of benzene rings is 1. The van der Waals surface area contributed by atoms with Crippen LogP contribution in [0.2, 0.25) is 18.1 Å². The smallest absolute Gasteiger partial charge is 0.192 e. The quantitative estimate of drug-likeness (QED) is 0.410. The number of hydrogen-bond acceptors (Lipinski definition) is 6. The lowest BCUT2D eigenvalue weighted by Gasteiger charge is -2.38. The summed E-state index contributed by atoms with van der Waals surface area (Å²) in [5, 5.41) is 12.5. The molecule has 1 N–H and O–H groups in total. The van der Waals surface area contributed by atoms with Gasteiger partial charge >= 0.3 is 0 Å². The Balaban J connectivity index is 1.85. The number of hydrogen-bond donors (Lipinski definition) is 1. The van der Waals surface area contributed by atoms with Gasteiger partial charge in [-0.15, -0.1) is 0 Å². The number of rotatable bonds is 8. The van der Waals surface area contributed by atoms with Crippen molar-refractivity contribution >= 4 is 8.32 Å². The van der Waals surface area contributed by atoms with E-state index in [0.717, 1.165) is 5.56 Å². The lowest BCUT2D eigenvalue weighted by atomic mass is 10.0. The Morgan fingerprint density at radius 3 is 2.35 bits per heavy atom. The Hall–Kier alpha value is -1.48. The summed E-state index contributed by atoms with van der Waals surface area (Å²) in [5.41, 5.74) is 0.994. The lowest BCUT2D eigenvalue weighted by molar-refractivity contribution is -0.194. The molecule has 0 amide bonds. The Morgan fingerprint density at radius 1 is 1.10 bits per heavy atom. The van der Waals surface area contributed by atoms with Crippen LogP contribution in [-0.4, -0.2) is 43.2 Å². The number of ether oxygens (including phenoxy) is 2. The van der Waals surface area contributed by atoms with E-state index < -0.39 is 26.3 Å². The van der Waals surface area contributed by atoms with Crippen LogP contribution in [0.25, 0.3) is 0 Å². The predicted octanol–water partition coefficient (Wildman–Crippen LogP) is 5.75. The average Bonchev–Trinajstić information content (AvgIpc) is 3.28. The second-order valence-corrected chi connectivity index (χ2v) is 15.1. The molecule has 0 saturated carbocycles. The molecule has 1 fully saturated rings. The van der Waals surface area contributed by atoms with Crippen LogP contribution in [0.15, 0.2) is 53.1 Å². The van der Waals surface area contributed by atoms with Crippen LogP contribution in [0, 0.1) is 0 Å². The van der Waals surface area contributed by atoms with Crippen molar-refractivity contribution in [3.63, 3.8) is 0 Å². The van der Waals surface area contributed by atoms with Crippen LogP contribution in [-0.2, 0) is 20.4 Å². The van der Waals surface area contributed by atoms with Crippen molar-refractivity contribution in [3.8, 4) is 0 Å². The predicted molar refractivity (Wildman–Crippen MR) is 122 cm³/mol. The van der Waals surface area contributed by atoms with E-state index in [0.29, 0.717) is 18.9 Å². The summed E-state index contributed by atoms with van der Waals surface area (Å²) in [6, 6.07) is 13.0. The lowest BCUT2D eigenvalue weighted by Crippen LogP contribution is -2.46. The molecular formula is C24H37NO5Si. The average molecular weight is 448 g/mol. The van der Waals surface area contributed by atoms with Gasteiger partial charge in [0, 0.05) is 6.54 Å². The number of furan rings is 1. The standard InChI is InChI=1S/C24H37NO5Si/c1-23(2,3)31(6,7)28-17-20-22(30-24(4,5)29-20)21(19-14-11-15-27-19)25(26)16-18-12-9-8-10-13-18/h8-15,20-22,26H,16-17H2,1-7H3/t20-,21-,22+/m0/s1. The Morgan fingerprint density at radius 2 is 1.77 bits per heavy atom. The molecule has 2 heterocycles. The fourth-order valence-electron chi connectivity index (χ4n) is 3.57. The summed E-state index contributed by atoms with van der Waals surface area (Å²) < 4.78 is 24.7. The van der Waals surface area contributed by atoms with Gasteiger partial charge in [0.2, 0.25) is 0 Å². The zero-order valence-corrected chi connectivity index (χ0v) is 20.8. The van der Waals surface area contributed by atoms with Gasteiger partial charge in [0.15, 0.2) is 14.1 Å². The zero-order chi connectivity index (χ0) is 22.9. The van der Waals surface area contributed by atoms with Gasteiger partial charge in [0.1, 0.15) is 24.0 Å².